The molecule has 1 aromatic rings. The van der Waals surface area contributed by atoms with Gasteiger partial charge in [-0.05, 0) is 56.5 Å². The Morgan fingerprint density at radius 2 is 2.00 bits per heavy atom. The number of ether oxygens (including phenoxy) is 2. The lowest BCUT2D eigenvalue weighted by Gasteiger charge is -2.33. The number of benzene rings is 1. The fourth-order valence-electron chi connectivity index (χ4n) is 3.55. The molecule has 0 saturated carbocycles. The molecular formula is C19H24N2O5S. The van der Waals surface area contributed by atoms with Crippen molar-refractivity contribution < 1.29 is 22.7 Å². The van der Waals surface area contributed by atoms with Crippen molar-refractivity contribution in [2.75, 3.05) is 26.8 Å². The predicted octanol–water partition coefficient (Wildman–Crippen LogP) is 2.44. The average Bonchev–Trinajstić information content (AvgIpc) is 2.91. The summed E-state index contributed by atoms with van der Waals surface area (Å²) in [6.07, 6.45) is 1.52. The molecule has 3 rings (SSSR count). The molecule has 1 aromatic carbocycles. The smallest absolute Gasteiger partial charge is 0.310 e. The number of methoxy groups -OCH3 is 1. The van der Waals surface area contributed by atoms with Crippen LogP contribution in [0.2, 0.25) is 0 Å². The summed E-state index contributed by atoms with van der Waals surface area (Å²) in [5.41, 5.74) is 1.18. The van der Waals surface area contributed by atoms with Crippen LogP contribution < -0.4 is 4.74 Å². The van der Waals surface area contributed by atoms with Crippen LogP contribution in [0.4, 0.5) is 0 Å². The summed E-state index contributed by atoms with van der Waals surface area (Å²) in [6, 6.07) is 6.87. The number of rotatable bonds is 4. The molecule has 1 saturated heterocycles. The first-order valence-corrected chi connectivity index (χ1v) is 10.4. The molecule has 0 aromatic heterocycles. The van der Waals surface area contributed by atoms with E-state index in [1.54, 1.807) is 45.2 Å². The van der Waals surface area contributed by atoms with Gasteiger partial charge in [-0.2, -0.15) is 8.42 Å². The molecule has 1 fully saturated rings. The van der Waals surface area contributed by atoms with E-state index in [-0.39, 0.29) is 16.8 Å². The summed E-state index contributed by atoms with van der Waals surface area (Å²) in [4.78, 5) is 14.2. The van der Waals surface area contributed by atoms with Gasteiger partial charge >= 0.3 is 5.97 Å². The lowest BCUT2D eigenvalue weighted by atomic mass is 9.97. The number of hydrogen-bond donors (Lipinski definition) is 0. The number of amidine groups is 1. The molecule has 0 aliphatic carbocycles. The van der Waals surface area contributed by atoms with Crippen molar-refractivity contribution >= 4 is 26.7 Å². The lowest BCUT2D eigenvalue weighted by molar-refractivity contribution is -0.149. The summed E-state index contributed by atoms with van der Waals surface area (Å²) < 4.78 is 39.7. The van der Waals surface area contributed by atoms with Gasteiger partial charge in [-0.1, -0.05) is 0 Å². The number of piperidine rings is 1. The highest BCUT2D eigenvalue weighted by molar-refractivity contribution is 8.00. The maximum Gasteiger partial charge on any atom is 0.310 e. The van der Waals surface area contributed by atoms with Gasteiger partial charge in [0.05, 0.1) is 19.6 Å². The fourth-order valence-corrected chi connectivity index (χ4v) is 5.03. The minimum Gasteiger partial charge on any atom is -0.497 e. The van der Waals surface area contributed by atoms with Crippen LogP contribution in [0.15, 0.2) is 34.2 Å². The molecule has 146 valence electrons. The largest absolute Gasteiger partial charge is 0.497 e. The van der Waals surface area contributed by atoms with Crippen LogP contribution in [0.1, 0.15) is 32.3 Å². The van der Waals surface area contributed by atoms with Crippen molar-refractivity contribution in [2.24, 2.45) is 10.3 Å². The average molecular weight is 392 g/mol. The van der Waals surface area contributed by atoms with E-state index in [0.29, 0.717) is 42.4 Å². The van der Waals surface area contributed by atoms with E-state index >= 15 is 0 Å². The zero-order valence-electron chi connectivity index (χ0n) is 15.8. The van der Waals surface area contributed by atoms with E-state index in [2.05, 4.69) is 4.40 Å². The van der Waals surface area contributed by atoms with Crippen molar-refractivity contribution in [3.63, 3.8) is 0 Å². The van der Waals surface area contributed by atoms with E-state index in [4.69, 9.17) is 9.47 Å². The normalized spacial score (nSPS) is 21.8. The van der Waals surface area contributed by atoms with Crippen LogP contribution in [0.3, 0.4) is 0 Å². The zero-order chi connectivity index (χ0) is 19.6. The van der Waals surface area contributed by atoms with Gasteiger partial charge in [-0.15, -0.1) is 4.40 Å². The van der Waals surface area contributed by atoms with Gasteiger partial charge in [0.1, 0.15) is 16.5 Å². The van der Waals surface area contributed by atoms with Gasteiger partial charge in [0, 0.05) is 18.7 Å². The third-order valence-corrected chi connectivity index (χ3v) is 6.30. The standard InChI is InChI=1S/C19H24N2O5S/c1-4-26-19(22)15-6-5-11-21(12-15)18-13(2)17(27(23,24)20-18)14-7-9-16(25-3)10-8-14/h7-10,15H,4-6,11-12H2,1-3H3/t15-/m1/s1. The molecule has 2 heterocycles. The Morgan fingerprint density at radius 1 is 1.30 bits per heavy atom. The van der Waals surface area contributed by atoms with Crippen molar-refractivity contribution in [3.8, 4) is 5.75 Å². The summed E-state index contributed by atoms with van der Waals surface area (Å²) >= 11 is 0. The maximum absolute atomic E-state index is 12.7. The fraction of sp³-hybridized carbons (Fsp3) is 0.474. The third kappa shape index (κ3) is 3.85. The first kappa shape index (κ1) is 19.4. The number of hydrogen-bond acceptors (Lipinski definition) is 6. The van der Waals surface area contributed by atoms with Crippen LogP contribution in [0, 0.1) is 5.92 Å². The number of esters is 1. The molecule has 8 heteroatoms. The summed E-state index contributed by atoms with van der Waals surface area (Å²) in [5, 5.41) is 0. The first-order valence-electron chi connectivity index (χ1n) is 8.99. The Bertz CT molecular complexity index is 887. The highest BCUT2D eigenvalue weighted by atomic mass is 32.2. The molecule has 27 heavy (non-hydrogen) atoms. The molecule has 2 aliphatic heterocycles. The Hall–Kier alpha value is -2.35. The Labute approximate surface area is 159 Å². The second-order valence-electron chi connectivity index (χ2n) is 6.61. The lowest BCUT2D eigenvalue weighted by Crippen LogP contribution is -2.42. The van der Waals surface area contributed by atoms with Gasteiger partial charge in [0.15, 0.2) is 0 Å². The zero-order valence-corrected chi connectivity index (χ0v) is 16.6. The molecule has 0 radical (unpaired) electrons. The summed E-state index contributed by atoms with van der Waals surface area (Å²) in [7, 11) is -2.23. The highest BCUT2D eigenvalue weighted by Gasteiger charge is 2.36. The van der Waals surface area contributed by atoms with Crippen molar-refractivity contribution in [3.05, 3.63) is 35.4 Å². The Balaban J connectivity index is 1.89. The molecule has 2 aliphatic rings. The van der Waals surface area contributed by atoms with Gasteiger partial charge < -0.3 is 14.4 Å². The molecular weight excluding hydrogens is 368 g/mol. The van der Waals surface area contributed by atoms with Crippen molar-refractivity contribution in [1.29, 1.82) is 0 Å². The van der Waals surface area contributed by atoms with E-state index in [0.717, 1.165) is 12.8 Å². The first-order chi connectivity index (χ1) is 12.9. The Kier molecular flexibility index (Phi) is 5.55. The minimum absolute atomic E-state index is 0.207. The van der Waals surface area contributed by atoms with Gasteiger partial charge in [-0.25, -0.2) is 0 Å². The second-order valence-corrected chi connectivity index (χ2v) is 8.15. The van der Waals surface area contributed by atoms with Crippen molar-refractivity contribution in [1.82, 2.24) is 4.90 Å². The monoisotopic (exact) mass is 392 g/mol. The number of sulfonamides is 1. The van der Waals surface area contributed by atoms with E-state index in [1.807, 2.05) is 4.90 Å². The molecule has 1 atom stereocenters. The van der Waals surface area contributed by atoms with E-state index in [9.17, 15) is 13.2 Å². The van der Waals surface area contributed by atoms with Crippen LogP contribution >= 0.6 is 0 Å². The number of likely N-dealkylation sites (tertiary alicyclic amines) is 1. The molecule has 0 unspecified atom stereocenters. The van der Waals surface area contributed by atoms with Crippen LogP contribution in [-0.4, -0.2) is 51.9 Å². The van der Waals surface area contributed by atoms with Crippen molar-refractivity contribution in [2.45, 2.75) is 26.7 Å². The van der Waals surface area contributed by atoms with E-state index < -0.39 is 10.0 Å². The van der Waals surface area contributed by atoms with Crippen LogP contribution in [0.25, 0.3) is 4.91 Å². The van der Waals surface area contributed by atoms with E-state index in [1.165, 1.54) is 0 Å². The summed E-state index contributed by atoms with van der Waals surface area (Å²) in [5.74, 6) is 0.583. The number of carbonyl (C=O) groups is 1. The van der Waals surface area contributed by atoms with Crippen LogP contribution in [0.5, 0.6) is 5.75 Å². The second kappa shape index (κ2) is 7.72. The third-order valence-electron chi connectivity index (χ3n) is 4.83. The number of nitrogens with zero attached hydrogens (tertiary/aromatic N) is 2. The minimum atomic E-state index is -3.79. The Morgan fingerprint density at radius 3 is 2.63 bits per heavy atom. The topological polar surface area (TPSA) is 85.3 Å². The summed E-state index contributed by atoms with van der Waals surface area (Å²) in [6.45, 7) is 4.96. The maximum atomic E-state index is 12.7. The number of carbonyl (C=O) groups excluding carboxylic acids is 1. The van der Waals surface area contributed by atoms with Gasteiger partial charge in [-0.3, -0.25) is 4.79 Å². The molecule has 0 bridgehead atoms. The molecule has 0 N–H and O–H groups in total. The predicted molar refractivity (Wildman–Crippen MR) is 103 cm³/mol. The van der Waals surface area contributed by atoms with Gasteiger partial charge in [0.2, 0.25) is 0 Å². The van der Waals surface area contributed by atoms with Crippen LogP contribution in [-0.2, 0) is 19.6 Å². The highest BCUT2D eigenvalue weighted by Crippen LogP contribution is 2.35. The molecule has 7 nitrogen and oxygen atoms in total. The SMILES string of the molecule is CCOC(=O)[C@@H]1CCCN(C2=NS(=O)(=O)C(c3ccc(OC)cc3)=C2C)C1. The molecule has 0 spiro atoms. The quantitative estimate of drug-likeness (QED) is 0.732. The molecule has 0 amide bonds. The van der Waals surface area contributed by atoms with Gasteiger partial charge in [0.25, 0.3) is 10.0 Å².